The van der Waals surface area contributed by atoms with E-state index in [2.05, 4.69) is 16.9 Å². The zero-order chi connectivity index (χ0) is 21.1. The maximum atomic E-state index is 12.3. The van der Waals surface area contributed by atoms with Gasteiger partial charge in [-0.05, 0) is 32.3 Å². The van der Waals surface area contributed by atoms with E-state index in [-0.39, 0.29) is 24.5 Å². The van der Waals surface area contributed by atoms with Crippen molar-refractivity contribution in [3.8, 4) is 6.07 Å². The first-order valence-electron chi connectivity index (χ1n) is 9.74. The molecular formula is C20H26N6O3. The molecule has 0 radical (unpaired) electrons. The molecule has 2 aromatic rings. The molecule has 1 fully saturated rings. The quantitative estimate of drug-likeness (QED) is 0.779. The number of hydrogen-bond donors (Lipinski definition) is 0. The molecule has 0 aromatic carbocycles. The monoisotopic (exact) mass is 398 g/mol. The molecule has 3 rings (SSSR count). The number of ether oxygens (including phenoxy) is 1. The van der Waals surface area contributed by atoms with Gasteiger partial charge in [0.25, 0.3) is 0 Å². The fraction of sp³-hybridized carbons (Fsp3) is 0.550. The fourth-order valence-electron chi connectivity index (χ4n) is 3.74. The van der Waals surface area contributed by atoms with Gasteiger partial charge in [0, 0.05) is 26.3 Å². The Bertz CT molecular complexity index is 947. The number of piperidine rings is 1. The van der Waals surface area contributed by atoms with Gasteiger partial charge in [0.1, 0.15) is 18.6 Å². The first-order chi connectivity index (χ1) is 13.8. The van der Waals surface area contributed by atoms with Crippen LogP contribution in [-0.2, 0) is 9.53 Å². The van der Waals surface area contributed by atoms with E-state index in [4.69, 9.17) is 10.00 Å². The van der Waals surface area contributed by atoms with E-state index in [1.54, 1.807) is 31.0 Å². The lowest BCUT2D eigenvalue weighted by Gasteiger charge is -2.42. The molecule has 9 heteroatoms. The van der Waals surface area contributed by atoms with Crippen molar-refractivity contribution in [2.24, 2.45) is 5.92 Å². The van der Waals surface area contributed by atoms with Crippen LogP contribution in [0.2, 0.25) is 0 Å². The molecule has 1 aliphatic rings. The van der Waals surface area contributed by atoms with Crippen LogP contribution in [-0.4, -0.2) is 63.7 Å². The first-order valence-corrected chi connectivity index (χ1v) is 9.74. The van der Waals surface area contributed by atoms with Crippen LogP contribution in [0.25, 0.3) is 11.0 Å². The van der Waals surface area contributed by atoms with Crippen molar-refractivity contribution in [1.29, 1.82) is 5.26 Å². The molecular weight excluding hydrogens is 372 g/mol. The summed E-state index contributed by atoms with van der Waals surface area (Å²) in [6, 6.07) is 3.77. The highest BCUT2D eigenvalue weighted by Crippen LogP contribution is 2.29. The number of hydrogen-bond acceptors (Lipinski definition) is 7. The highest BCUT2D eigenvalue weighted by Gasteiger charge is 2.32. The lowest BCUT2D eigenvalue weighted by atomic mass is 9.92. The maximum Gasteiger partial charge on any atom is 0.419 e. The van der Waals surface area contributed by atoms with Gasteiger partial charge in [0.15, 0.2) is 5.65 Å². The Morgan fingerprint density at radius 3 is 2.86 bits per heavy atom. The van der Waals surface area contributed by atoms with Crippen LogP contribution in [0.1, 0.15) is 33.6 Å². The zero-order valence-corrected chi connectivity index (χ0v) is 17.2. The molecule has 1 amide bonds. The summed E-state index contributed by atoms with van der Waals surface area (Å²) >= 11 is 0. The predicted octanol–water partition coefficient (Wildman–Crippen LogP) is 2.41. The van der Waals surface area contributed by atoms with E-state index in [1.165, 1.54) is 10.9 Å². The molecule has 1 aliphatic heterocycles. The Balaban J connectivity index is 1.89. The smallest absolute Gasteiger partial charge is 0.419 e. The number of likely N-dealkylation sites (N-methyl/N-ethyl adjacent to an activating group) is 1. The van der Waals surface area contributed by atoms with Crippen molar-refractivity contribution in [3.05, 3.63) is 18.6 Å². The van der Waals surface area contributed by atoms with Crippen LogP contribution in [0.4, 0.5) is 10.6 Å². The van der Waals surface area contributed by atoms with Gasteiger partial charge in [-0.15, -0.1) is 0 Å². The second-order valence-corrected chi connectivity index (χ2v) is 7.67. The van der Waals surface area contributed by atoms with Crippen LogP contribution in [0.3, 0.4) is 0 Å². The molecule has 0 N–H and O–H groups in total. The van der Waals surface area contributed by atoms with Gasteiger partial charge in [0.05, 0.1) is 23.6 Å². The highest BCUT2D eigenvalue weighted by atomic mass is 16.6. The first kappa shape index (κ1) is 20.6. The molecule has 0 unspecified atom stereocenters. The van der Waals surface area contributed by atoms with Crippen LogP contribution in [0.5, 0.6) is 0 Å². The lowest BCUT2D eigenvalue weighted by molar-refractivity contribution is -0.131. The van der Waals surface area contributed by atoms with E-state index in [9.17, 15) is 9.59 Å². The zero-order valence-electron chi connectivity index (χ0n) is 17.2. The number of nitrogens with zero attached hydrogens (tertiary/aromatic N) is 6. The number of anilines is 1. The summed E-state index contributed by atoms with van der Waals surface area (Å²) < 4.78 is 6.66. The number of fused-ring (bicyclic) bond motifs is 1. The van der Waals surface area contributed by atoms with Crippen LogP contribution in [0, 0.1) is 17.2 Å². The SMILES string of the molecule is CC(C)OC(=O)n1ccc2c(N(C)[C@H]3CN(C(=O)CC#N)CC[C@H]3C)ncnc21. The number of likely N-dealkylation sites (tertiary alicyclic amines) is 1. The second kappa shape index (κ2) is 8.47. The van der Waals surface area contributed by atoms with E-state index in [1.807, 2.05) is 18.0 Å². The number of amides is 1. The standard InChI is InChI=1S/C20H26N6O3/c1-13(2)29-20(28)26-10-7-15-18(22-12-23-19(15)26)24(4)16-11-25(9-6-14(16)3)17(27)5-8-21/h7,10,12-14,16H,5-6,9,11H2,1-4H3/t14-,16+/m1/s1. The van der Waals surface area contributed by atoms with E-state index < -0.39 is 6.09 Å². The van der Waals surface area contributed by atoms with Crippen LogP contribution in [0.15, 0.2) is 18.6 Å². The lowest BCUT2D eigenvalue weighted by Crippen LogP contribution is -2.52. The Hall–Kier alpha value is -3.15. The molecule has 0 saturated carbocycles. The molecule has 0 bridgehead atoms. The van der Waals surface area contributed by atoms with Gasteiger partial charge in [-0.3, -0.25) is 4.79 Å². The Morgan fingerprint density at radius 1 is 1.41 bits per heavy atom. The van der Waals surface area contributed by atoms with Gasteiger partial charge in [0.2, 0.25) is 5.91 Å². The molecule has 29 heavy (non-hydrogen) atoms. The molecule has 2 aromatic heterocycles. The second-order valence-electron chi connectivity index (χ2n) is 7.67. The maximum absolute atomic E-state index is 12.3. The summed E-state index contributed by atoms with van der Waals surface area (Å²) in [5, 5.41) is 9.57. The molecule has 0 spiro atoms. The van der Waals surface area contributed by atoms with Crippen LogP contribution < -0.4 is 4.90 Å². The van der Waals surface area contributed by atoms with Gasteiger partial charge < -0.3 is 14.5 Å². The van der Waals surface area contributed by atoms with Gasteiger partial charge in [-0.2, -0.15) is 5.26 Å². The average Bonchev–Trinajstić information content (AvgIpc) is 3.12. The Morgan fingerprint density at radius 2 is 2.17 bits per heavy atom. The van der Waals surface area contributed by atoms with E-state index in [0.29, 0.717) is 30.5 Å². The van der Waals surface area contributed by atoms with Crippen molar-refractivity contribution >= 4 is 28.9 Å². The summed E-state index contributed by atoms with van der Waals surface area (Å²) in [5.41, 5.74) is 0.480. The topological polar surface area (TPSA) is 104 Å². The minimum Gasteiger partial charge on any atom is -0.446 e. The van der Waals surface area contributed by atoms with Crippen LogP contribution >= 0.6 is 0 Å². The summed E-state index contributed by atoms with van der Waals surface area (Å²) in [6.07, 6.45) is 3.09. The van der Waals surface area contributed by atoms with Crippen molar-refractivity contribution in [1.82, 2.24) is 19.4 Å². The number of aromatic nitrogens is 3. The summed E-state index contributed by atoms with van der Waals surface area (Å²) in [6.45, 7) is 6.92. The average molecular weight is 398 g/mol. The fourth-order valence-corrected chi connectivity index (χ4v) is 3.74. The predicted molar refractivity (Wildman–Crippen MR) is 107 cm³/mol. The third kappa shape index (κ3) is 4.16. The van der Waals surface area contributed by atoms with Crippen molar-refractivity contribution < 1.29 is 14.3 Å². The molecule has 2 atom stereocenters. The summed E-state index contributed by atoms with van der Waals surface area (Å²) in [5.74, 6) is 0.884. The Kier molecular flexibility index (Phi) is 6.01. The number of rotatable bonds is 4. The molecule has 1 saturated heterocycles. The number of nitriles is 1. The normalized spacial score (nSPS) is 19.2. The van der Waals surface area contributed by atoms with Crippen molar-refractivity contribution in [3.63, 3.8) is 0 Å². The van der Waals surface area contributed by atoms with Crippen molar-refractivity contribution in [2.45, 2.75) is 45.8 Å². The van der Waals surface area contributed by atoms with Gasteiger partial charge in [-0.25, -0.2) is 19.3 Å². The van der Waals surface area contributed by atoms with E-state index >= 15 is 0 Å². The third-order valence-corrected chi connectivity index (χ3v) is 5.33. The van der Waals surface area contributed by atoms with Crippen molar-refractivity contribution in [2.75, 3.05) is 25.0 Å². The molecule has 0 aliphatic carbocycles. The molecule has 3 heterocycles. The number of carbonyl (C=O) groups is 2. The summed E-state index contributed by atoms with van der Waals surface area (Å²) in [7, 11) is 1.94. The van der Waals surface area contributed by atoms with Gasteiger partial charge in [-0.1, -0.05) is 6.92 Å². The molecule has 9 nitrogen and oxygen atoms in total. The minimum atomic E-state index is -0.485. The minimum absolute atomic E-state index is 0.0375. The number of carbonyl (C=O) groups excluding carboxylic acids is 2. The van der Waals surface area contributed by atoms with Gasteiger partial charge >= 0.3 is 6.09 Å². The highest BCUT2D eigenvalue weighted by molar-refractivity contribution is 5.93. The third-order valence-electron chi connectivity index (χ3n) is 5.33. The summed E-state index contributed by atoms with van der Waals surface area (Å²) in [4.78, 5) is 37.0. The van der Waals surface area contributed by atoms with E-state index in [0.717, 1.165) is 11.8 Å². The largest absolute Gasteiger partial charge is 0.446 e. The Labute approximate surface area is 169 Å². The molecule has 154 valence electrons.